The molecule has 0 heterocycles. The average molecular weight is 134 g/mol. The highest BCUT2D eigenvalue weighted by molar-refractivity contribution is 5.93. The Morgan fingerprint density at radius 2 is 2.30 bits per heavy atom. The van der Waals surface area contributed by atoms with Crippen LogP contribution in [-0.4, -0.2) is 5.78 Å². The topological polar surface area (TPSA) is 17.1 Å². The third kappa shape index (κ3) is 1.44. The van der Waals surface area contributed by atoms with Gasteiger partial charge in [0.1, 0.15) is 0 Å². The molecule has 1 heteroatoms. The van der Waals surface area contributed by atoms with Gasteiger partial charge in [0.25, 0.3) is 0 Å². The fourth-order valence-corrected chi connectivity index (χ4v) is 0.846. The van der Waals surface area contributed by atoms with Crippen molar-refractivity contribution >= 4 is 5.78 Å². The molecule has 0 spiro atoms. The van der Waals surface area contributed by atoms with Crippen LogP contribution >= 0.6 is 0 Å². The average Bonchev–Trinajstić information content (AvgIpc) is 1.88. The number of carbonyl (C=O) groups is 1. The van der Waals surface area contributed by atoms with Crippen molar-refractivity contribution in [1.82, 2.24) is 0 Å². The lowest BCUT2D eigenvalue weighted by Crippen LogP contribution is -1.96. The molecule has 0 atom stereocenters. The maximum Gasteiger partial charge on any atom is 0.159 e. The molecule has 0 aliphatic heterocycles. The smallest absolute Gasteiger partial charge is 0.159 e. The maximum absolute atomic E-state index is 10.7. The predicted octanol–water partition coefficient (Wildman–Crippen LogP) is 2.02. The summed E-state index contributed by atoms with van der Waals surface area (Å²) in [6.07, 6.45) is 5.85. The van der Waals surface area contributed by atoms with Crippen molar-refractivity contribution in [2.24, 2.45) is 0 Å². The lowest BCUT2D eigenvalue weighted by atomic mass is 10.0. The van der Waals surface area contributed by atoms with Crippen LogP contribution in [0, 0.1) is 0 Å². The summed E-state index contributed by atoms with van der Waals surface area (Å²) in [5, 5.41) is 0. The Morgan fingerprint density at radius 3 is 2.70 bits per heavy atom. The van der Waals surface area contributed by atoms with Gasteiger partial charge in [0.2, 0.25) is 0 Å². The van der Waals surface area contributed by atoms with Gasteiger partial charge < -0.3 is 0 Å². The van der Waals surface area contributed by atoms with E-state index in [1.54, 1.807) is 6.08 Å². The van der Waals surface area contributed by atoms with Crippen LogP contribution in [0.1, 0.15) is 13.3 Å². The van der Waals surface area contributed by atoms with Crippen LogP contribution in [-0.2, 0) is 4.79 Å². The van der Waals surface area contributed by atoms with E-state index >= 15 is 0 Å². The zero-order valence-corrected chi connectivity index (χ0v) is 6.05. The lowest BCUT2D eigenvalue weighted by Gasteiger charge is -2.03. The first kappa shape index (κ1) is 7.00. The molecule has 0 unspecified atom stereocenters. The van der Waals surface area contributed by atoms with Crippen molar-refractivity contribution in [2.45, 2.75) is 13.3 Å². The molecule has 1 nitrogen and oxygen atoms in total. The zero-order chi connectivity index (χ0) is 7.56. The number of hydrogen-bond acceptors (Lipinski definition) is 1. The minimum Gasteiger partial charge on any atom is -0.295 e. The quantitative estimate of drug-likeness (QED) is 0.536. The molecule has 0 aromatic heterocycles. The maximum atomic E-state index is 10.7. The van der Waals surface area contributed by atoms with E-state index in [9.17, 15) is 4.79 Å². The first-order valence-electron chi connectivity index (χ1n) is 3.27. The molecule has 10 heavy (non-hydrogen) atoms. The molecule has 0 saturated heterocycles. The number of ketones is 1. The molecule has 0 bridgehead atoms. The Morgan fingerprint density at radius 1 is 1.60 bits per heavy atom. The van der Waals surface area contributed by atoms with Gasteiger partial charge in [-0.15, -0.1) is 0 Å². The highest BCUT2D eigenvalue weighted by Crippen LogP contribution is 2.13. The van der Waals surface area contributed by atoms with Gasteiger partial charge in [0.15, 0.2) is 5.78 Å². The minimum atomic E-state index is 0.171. The molecular formula is C9H10O. The highest BCUT2D eigenvalue weighted by atomic mass is 16.1. The van der Waals surface area contributed by atoms with Crippen LogP contribution in [0.4, 0.5) is 0 Å². The van der Waals surface area contributed by atoms with Crippen molar-refractivity contribution in [2.75, 3.05) is 0 Å². The summed E-state index contributed by atoms with van der Waals surface area (Å²) in [5.41, 5.74) is 2.10. The van der Waals surface area contributed by atoms with E-state index in [1.165, 1.54) is 0 Å². The third-order valence-corrected chi connectivity index (χ3v) is 1.46. The summed E-state index contributed by atoms with van der Waals surface area (Å²) in [4.78, 5) is 10.7. The Labute approximate surface area is 60.7 Å². The van der Waals surface area contributed by atoms with Crippen molar-refractivity contribution in [3.8, 4) is 0 Å². The van der Waals surface area contributed by atoms with E-state index in [4.69, 9.17) is 0 Å². The minimum absolute atomic E-state index is 0.171. The van der Waals surface area contributed by atoms with Crippen LogP contribution in [0.5, 0.6) is 0 Å². The van der Waals surface area contributed by atoms with Crippen LogP contribution in [0.2, 0.25) is 0 Å². The Balaban J connectivity index is 2.77. The van der Waals surface area contributed by atoms with E-state index in [2.05, 4.69) is 6.58 Å². The monoisotopic (exact) mass is 134 g/mol. The van der Waals surface area contributed by atoms with E-state index in [-0.39, 0.29) is 5.78 Å². The zero-order valence-electron chi connectivity index (χ0n) is 6.05. The first-order valence-corrected chi connectivity index (χ1v) is 3.27. The molecule has 0 radical (unpaired) electrons. The van der Waals surface area contributed by atoms with Gasteiger partial charge in [-0.1, -0.05) is 24.3 Å². The van der Waals surface area contributed by atoms with Gasteiger partial charge in [0, 0.05) is 6.42 Å². The summed E-state index contributed by atoms with van der Waals surface area (Å²) in [7, 11) is 0. The fourth-order valence-electron chi connectivity index (χ4n) is 0.846. The van der Waals surface area contributed by atoms with E-state index in [0.717, 1.165) is 11.1 Å². The standard InChI is InChI=1S/C9H10O/c1-7(2)8-3-5-9(10)6-4-8/h3-5H,1,6H2,2H3. The lowest BCUT2D eigenvalue weighted by molar-refractivity contribution is -0.113. The Hall–Kier alpha value is -1.11. The molecule has 52 valence electrons. The van der Waals surface area contributed by atoms with Crippen LogP contribution in [0.3, 0.4) is 0 Å². The second kappa shape index (κ2) is 2.65. The molecular weight excluding hydrogens is 124 g/mol. The summed E-state index contributed by atoms with van der Waals surface area (Å²) < 4.78 is 0. The second-order valence-electron chi connectivity index (χ2n) is 2.44. The summed E-state index contributed by atoms with van der Waals surface area (Å²) >= 11 is 0. The van der Waals surface area contributed by atoms with Gasteiger partial charge >= 0.3 is 0 Å². The van der Waals surface area contributed by atoms with E-state index in [0.29, 0.717) is 6.42 Å². The van der Waals surface area contributed by atoms with Crippen LogP contribution in [0.15, 0.2) is 36.0 Å². The van der Waals surface area contributed by atoms with Gasteiger partial charge in [-0.2, -0.15) is 0 Å². The summed E-state index contributed by atoms with van der Waals surface area (Å²) in [5.74, 6) is 0.171. The molecule has 0 aromatic carbocycles. The number of hydrogen-bond donors (Lipinski definition) is 0. The van der Waals surface area contributed by atoms with Gasteiger partial charge in [-0.3, -0.25) is 4.79 Å². The second-order valence-corrected chi connectivity index (χ2v) is 2.44. The number of rotatable bonds is 1. The molecule has 1 aliphatic rings. The first-order chi connectivity index (χ1) is 4.70. The van der Waals surface area contributed by atoms with E-state index in [1.807, 2.05) is 19.1 Å². The molecule has 0 N–H and O–H groups in total. The Bertz CT molecular complexity index is 231. The molecule has 1 rings (SSSR count). The van der Waals surface area contributed by atoms with E-state index < -0.39 is 0 Å². The van der Waals surface area contributed by atoms with Crippen molar-refractivity contribution in [3.05, 3.63) is 36.0 Å². The van der Waals surface area contributed by atoms with Gasteiger partial charge in [-0.05, 0) is 18.6 Å². The van der Waals surface area contributed by atoms with Crippen LogP contribution in [0.25, 0.3) is 0 Å². The summed E-state index contributed by atoms with van der Waals surface area (Å²) in [6, 6.07) is 0. The highest BCUT2D eigenvalue weighted by Gasteiger charge is 2.02. The fraction of sp³-hybridized carbons (Fsp3) is 0.222. The molecule has 0 aromatic rings. The van der Waals surface area contributed by atoms with Crippen LogP contribution < -0.4 is 0 Å². The van der Waals surface area contributed by atoms with Crippen molar-refractivity contribution in [1.29, 1.82) is 0 Å². The molecule has 0 fully saturated rings. The largest absolute Gasteiger partial charge is 0.295 e. The molecule has 0 saturated carbocycles. The summed E-state index contributed by atoms with van der Waals surface area (Å²) in [6.45, 7) is 5.71. The Kier molecular flexibility index (Phi) is 1.86. The molecule has 1 aliphatic carbocycles. The number of allylic oxidation sites excluding steroid dienone is 5. The SMILES string of the molecule is C=C(C)C1=CCC(=O)C=C1. The molecule has 0 amide bonds. The van der Waals surface area contributed by atoms with Crippen molar-refractivity contribution in [3.63, 3.8) is 0 Å². The number of carbonyl (C=O) groups excluding carboxylic acids is 1. The van der Waals surface area contributed by atoms with Gasteiger partial charge in [0.05, 0.1) is 0 Å². The normalized spacial score (nSPS) is 16.9. The third-order valence-electron chi connectivity index (χ3n) is 1.46. The predicted molar refractivity (Wildman–Crippen MR) is 41.7 cm³/mol. The van der Waals surface area contributed by atoms with Gasteiger partial charge in [-0.25, -0.2) is 0 Å². The van der Waals surface area contributed by atoms with Crippen molar-refractivity contribution < 1.29 is 4.79 Å².